The van der Waals surface area contributed by atoms with Gasteiger partial charge in [0, 0.05) is 17.9 Å². The van der Waals surface area contributed by atoms with Crippen LogP contribution in [-0.4, -0.2) is 43.4 Å². The van der Waals surface area contributed by atoms with E-state index in [0.29, 0.717) is 6.54 Å². The van der Waals surface area contributed by atoms with E-state index >= 15 is 0 Å². The molecular weight excluding hydrogens is 326 g/mol. The Morgan fingerprint density at radius 3 is 2.65 bits per heavy atom. The zero-order chi connectivity index (χ0) is 18.7. The highest BCUT2D eigenvalue weighted by atomic mass is 16.2. The number of aryl methyl sites for hydroxylation is 1. The summed E-state index contributed by atoms with van der Waals surface area (Å²) in [7, 11) is 1.79. The first kappa shape index (κ1) is 18.1. The molecule has 0 bridgehead atoms. The Morgan fingerprint density at radius 2 is 1.85 bits per heavy atom. The smallest absolute Gasteiger partial charge is 0.241 e. The van der Waals surface area contributed by atoms with E-state index in [9.17, 15) is 9.59 Å². The van der Waals surface area contributed by atoms with Gasteiger partial charge in [0.1, 0.15) is 0 Å². The van der Waals surface area contributed by atoms with Crippen LogP contribution in [0.4, 0.5) is 11.4 Å². The Hall–Kier alpha value is -2.66. The third-order valence-corrected chi connectivity index (χ3v) is 4.89. The van der Waals surface area contributed by atoms with Gasteiger partial charge in [0.05, 0.1) is 13.1 Å². The summed E-state index contributed by atoms with van der Waals surface area (Å²) in [4.78, 5) is 28.5. The van der Waals surface area contributed by atoms with E-state index in [4.69, 9.17) is 0 Å². The molecular formula is C21H25N3O2. The molecule has 3 rings (SSSR count). The quantitative estimate of drug-likeness (QED) is 0.901. The summed E-state index contributed by atoms with van der Waals surface area (Å²) >= 11 is 0. The van der Waals surface area contributed by atoms with Crippen molar-refractivity contribution in [2.75, 3.05) is 36.9 Å². The molecule has 2 aromatic carbocycles. The van der Waals surface area contributed by atoms with E-state index in [0.717, 1.165) is 28.9 Å². The lowest BCUT2D eigenvalue weighted by Crippen LogP contribution is -2.40. The molecule has 0 aromatic heterocycles. The second-order valence-corrected chi connectivity index (χ2v) is 6.89. The van der Waals surface area contributed by atoms with Gasteiger partial charge in [0.25, 0.3) is 0 Å². The summed E-state index contributed by atoms with van der Waals surface area (Å²) < 4.78 is 0. The minimum atomic E-state index is -0.115. The van der Waals surface area contributed by atoms with E-state index in [1.165, 1.54) is 5.56 Å². The zero-order valence-electron chi connectivity index (χ0n) is 15.6. The van der Waals surface area contributed by atoms with Crippen LogP contribution in [0.2, 0.25) is 0 Å². The molecule has 5 heteroatoms. The van der Waals surface area contributed by atoms with Gasteiger partial charge in [-0.05, 0) is 56.1 Å². The monoisotopic (exact) mass is 351 g/mol. The molecule has 2 aromatic rings. The van der Waals surface area contributed by atoms with Gasteiger partial charge < -0.3 is 10.2 Å². The average molecular weight is 351 g/mol. The van der Waals surface area contributed by atoms with Gasteiger partial charge in [-0.1, -0.05) is 30.3 Å². The molecule has 0 saturated carbocycles. The van der Waals surface area contributed by atoms with Crippen molar-refractivity contribution in [1.29, 1.82) is 0 Å². The van der Waals surface area contributed by atoms with Gasteiger partial charge in [0.2, 0.25) is 11.8 Å². The van der Waals surface area contributed by atoms with E-state index in [-0.39, 0.29) is 24.9 Å². The van der Waals surface area contributed by atoms with E-state index in [2.05, 4.69) is 11.4 Å². The molecule has 0 aliphatic carbocycles. The lowest BCUT2D eigenvalue weighted by atomic mass is 10.1. The number of likely N-dealkylation sites (N-methyl/N-ethyl adjacent to an activating group) is 1. The molecule has 0 spiro atoms. The van der Waals surface area contributed by atoms with Gasteiger partial charge in [-0.3, -0.25) is 14.5 Å². The SMILES string of the molecule is Cc1cccc(NC(=O)CN(C)CC(=O)N2CCc3ccccc32)c1C. The predicted molar refractivity (Wildman–Crippen MR) is 105 cm³/mol. The van der Waals surface area contributed by atoms with Crippen LogP contribution in [0, 0.1) is 13.8 Å². The van der Waals surface area contributed by atoms with Crippen molar-refractivity contribution in [3.8, 4) is 0 Å². The maximum atomic E-state index is 12.6. The Balaban J connectivity index is 1.55. The number of benzene rings is 2. The normalized spacial score (nSPS) is 13.0. The zero-order valence-corrected chi connectivity index (χ0v) is 15.6. The summed E-state index contributed by atoms with van der Waals surface area (Å²) in [5.74, 6) is -0.0900. The predicted octanol–water partition coefficient (Wildman–Crippen LogP) is 2.76. The van der Waals surface area contributed by atoms with Crippen molar-refractivity contribution in [2.24, 2.45) is 0 Å². The van der Waals surface area contributed by atoms with Crippen molar-refractivity contribution in [2.45, 2.75) is 20.3 Å². The minimum Gasteiger partial charge on any atom is -0.325 e. The summed E-state index contributed by atoms with van der Waals surface area (Å²) in [6.45, 7) is 5.11. The number of hydrogen-bond donors (Lipinski definition) is 1. The molecule has 136 valence electrons. The van der Waals surface area contributed by atoms with Crippen molar-refractivity contribution in [1.82, 2.24) is 4.90 Å². The van der Waals surface area contributed by atoms with Gasteiger partial charge in [-0.2, -0.15) is 0 Å². The fourth-order valence-electron chi connectivity index (χ4n) is 3.29. The Bertz CT molecular complexity index is 832. The van der Waals surface area contributed by atoms with Crippen LogP contribution in [0.1, 0.15) is 16.7 Å². The standard InChI is InChI=1S/C21H25N3O2/c1-15-7-6-9-18(16(15)2)22-20(25)13-23(3)14-21(26)24-12-11-17-8-4-5-10-19(17)24/h4-10H,11-14H2,1-3H3,(H,22,25). The largest absolute Gasteiger partial charge is 0.325 e. The summed E-state index contributed by atoms with van der Waals surface area (Å²) in [5.41, 5.74) is 5.22. The van der Waals surface area contributed by atoms with Gasteiger partial charge in [-0.25, -0.2) is 0 Å². The average Bonchev–Trinajstić information content (AvgIpc) is 3.03. The lowest BCUT2D eigenvalue weighted by Gasteiger charge is -2.22. The second kappa shape index (κ2) is 7.70. The molecule has 2 amide bonds. The van der Waals surface area contributed by atoms with E-state index < -0.39 is 0 Å². The van der Waals surface area contributed by atoms with Crippen molar-refractivity contribution in [3.05, 3.63) is 59.2 Å². The molecule has 0 atom stereocenters. The third kappa shape index (κ3) is 3.94. The van der Waals surface area contributed by atoms with Crippen LogP contribution in [0.15, 0.2) is 42.5 Å². The number of amides is 2. The summed E-state index contributed by atoms with van der Waals surface area (Å²) in [5, 5.41) is 2.93. The molecule has 0 radical (unpaired) electrons. The topological polar surface area (TPSA) is 52.7 Å². The Morgan fingerprint density at radius 1 is 1.08 bits per heavy atom. The first-order chi connectivity index (χ1) is 12.5. The first-order valence-electron chi connectivity index (χ1n) is 8.88. The molecule has 0 saturated heterocycles. The Labute approximate surface area is 154 Å². The van der Waals surface area contributed by atoms with Crippen LogP contribution in [0.25, 0.3) is 0 Å². The second-order valence-electron chi connectivity index (χ2n) is 6.89. The first-order valence-corrected chi connectivity index (χ1v) is 8.88. The number of nitrogens with zero attached hydrogens (tertiary/aromatic N) is 2. The fraction of sp³-hybridized carbons (Fsp3) is 0.333. The van der Waals surface area contributed by atoms with Crippen LogP contribution >= 0.6 is 0 Å². The maximum absolute atomic E-state index is 12.6. The van der Waals surface area contributed by atoms with E-state index in [1.807, 2.05) is 55.1 Å². The van der Waals surface area contributed by atoms with Crippen LogP contribution in [0.3, 0.4) is 0 Å². The molecule has 1 aliphatic heterocycles. The summed E-state index contributed by atoms with van der Waals surface area (Å²) in [6, 6.07) is 13.8. The number of para-hydroxylation sites is 1. The van der Waals surface area contributed by atoms with Crippen molar-refractivity contribution < 1.29 is 9.59 Å². The highest BCUT2D eigenvalue weighted by Gasteiger charge is 2.25. The van der Waals surface area contributed by atoms with E-state index in [1.54, 1.807) is 11.9 Å². The highest BCUT2D eigenvalue weighted by molar-refractivity contribution is 5.97. The number of hydrogen-bond acceptors (Lipinski definition) is 3. The molecule has 0 fully saturated rings. The van der Waals surface area contributed by atoms with Crippen molar-refractivity contribution in [3.63, 3.8) is 0 Å². The lowest BCUT2D eigenvalue weighted by molar-refractivity contribution is -0.120. The number of anilines is 2. The number of carbonyl (C=O) groups excluding carboxylic acids is 2. The van der Waals surface area contributed by atoms with Crippen LogP contribution in [-0.2, 0) is 16.0 Å². The van der Waals surface area contributed by atoms with Crippen LogP contribution < -0.4 is 10.2 Å². The van der Waals surface area contributed by atoms with Crippen LogP contribution in [0.5, 0.6) is 0 Å². The van der Waals surface area contributed by atoms with Gasteiger partial charge in [0.15, 0.2) is 0 Å². The molecule has 26 heavy (non-hydrogen) atoms. The molecule has 1 aliphatic rings. The molecule has 1 N–H and O–H groups in total. The number of rotatable bonds is 5. The number of fused-ring (bicyclic) bond motifs is 1. The molecule has 1 heterocycles. The fourth-order valence-corrected chi connectivity index (χ4v) is 3.29. The number of nitrogens with one attached hydrogen (secondary N) is 1. The summed E-state index contributed by atoms with van der Waals surface area (Å²) in [6.07, 6.45) is 0.888. The van der Waals surface area contributed by atoms with Crippen molar-refractivity contribution >= 4 is 23.2 Å². The van der Waals surface area contributed by atoms with Gasteiger partial charge >= 0.3 is 0 Å². The molecule has 5 nitrogen and oxygen atoms in total. The Kier molecular flexibility index (Phi) is 5.38. The molecule has 0 unspecified atom stereocenters. The maximum Gasteiger partial charge on any atom is 0.241 e. The third-order valence-electron chi connectivity index (χ3n) is 4.89. The highest BCUT2D eigenvalue weighted by Crippen LogP contribution is 2.27. The number of carbonyl (C=O) groups is 2. The minimum absolute atomic E-state index is 0.0250. The van der Waals surface area contributed by atoms with Gasteiger partial charge in [-0.15, -0.1) is 0 Å².